The smallest absolute Gasteiger partial charge is 0.0901 e. The molecule has 3 atom stereocenters. The maximum atomic E-state index is 4.58. The van der Waals surface area contributed by atoms with Crippen molar-refractivity contribution in [2.24, 2.45) is 11.8 Å². The van der Waals surface area contributed by atoms with Crippen LogP contribution >= 0.6 is 11.3 Å². The molecule has 2 aromatic rings. The van der Waals surface area contributed by atoms with Gasteiger partial charge >= 0.3 is 0 Å². The summed E-state index contributed by atoms with van der Waals surface area (Å²) < 4.78 is 0. The van der Waals surface area contributed by atoms with E-state index in [1.807, 2.05) is 0 Å². The van der Waals surface area contributed by atoms with Gasteiger partial charge in [0.05, 0.1) is 10.7 Å². The highest BCUT2D eigenvalue weighted by Crippen LogP contribution is 2.32. The van der Waals surface area contributed by atoms with Gasteiger partial charge in [0, 0.05) is 22.7 Å². The Morgan fingerprint density at radius 2 is 2.05 bits per heavy atom. The number of nitrogens with zero attached hydrogens (tertiary/aromatic N) is 1. The number of anilines is 1. The first kappa shape index (κ1) is 14.6. The molecule has 0 spiro atoms. The van der Waals surface area contributed by atoms with E-state index in [0.717, 1.165) is 22.5 Å². The van der Waals surface area contributed by atoms with E-state index in [2.05, 4.69) is 60.7 Å². The third-order valence-electron chi connectivity index (χ3n) is 4.75. The number of hydrogen-bond acceptors (Lipinski definition) is 3. The fourth-order valence-corrected chi connectivity index (χ4v) is 3.80. The minimum Gasteiger partial charge on any atom is -0.382 e. The summed E-state index contributed by atoms with van der Waals surface area (Å²) in [6, 6.07) is 9.29. The van der Waals surface area contributed by atoms with Crippen LogP contribution in [0.2, 0.25) is 0 Å². The minimum absolute atomic E-state index is 0.614. The van der Waals surface area contributed by atoms with E-state index in [9.17, 15) is 0 Å². The van der Waals surface area contributed by atoms with E-state index < -0.39 is 0 Å². The lowest BCUT2D eigenvalue weighted by atomic mass is 9.79. The monoisotopic (exact) mass is 300 g/mol. The third-order valence-corrected chi connectivity index (χ3v) is 5.52. The Kier molecular flexibility index (Phi) is 4.29. The lowest BCUT2D eigenvalue weighted by Gasteiger charge is -2.33. The van der Waals surface area contributed by atoms with Crippen molar-refractivity contribution in [3.8, 4) is 11.3 Å². The number of benzene rings is 1. The molecule has 1 aliphatic carbocycles. The topological polar surface area (TPSA) is 24.9 Å². The molecule has 1 aromatic heterocycles. The average molecular weight is 300 g/mol. The largest absolute Gasteiger partial charge is 0.382 e. The average Bonchev–Trinajstić information content (AvgIpc) is 2.90. The van der Waals surface area contributed by atoms with Gasteiger partial charge in [-0.25, -0.2) is 4.98 Å². The standard InChI is InChI=1S/C18H24N2S/c1-12-7-8-17(9-13(12)2)20-16-6-4-5-15(10-16)18-11-21-14(3)19-18/h4-6,10-13,17,20H,7-9H2,1-3H3. The van der Waals surface area contributed by atoms with Crippen LogP contribution in [0.25, 0.3) is 11.3 Å². The predicted octanol–water partition coefficient (Wildman–Crippen LogP) is 5.36. The Bertz CT molecular complexity index is 605. The summed E-state index contributed by atoms with van der Waals surface area (Å²) >= 11 is 1.71. The molecule has 1 fully saturated rings. The molecule has 0 bridgehead atoms. The molecule has 3 heteroatoms. The molecule has 0 amide bonds. The van der Waals surface area contributed by atoms with E-state index in [1.54, 1.807) is 11.3 Å². The SMILES string of the molecule is Cc1nc(-c2cccc(NC3CCC(C)C(C)C3)c2)cs1. The summed E-state index contributed by atoms with van der Waals surface area (Å²) in [4.78, 5) is 4.58. The summed E-state index contributed by atoms with van der Waals surface area (Å²) in [5, 5.41) is 6.99. The number of hydrogen-bond donors (Lipinski definition) is 1. The summed E-state index contributed by atoms with van der Waals surface area (Å²) in [7, 11) is 0. The van der Waals surface area contributed by atoms with E-state index >= 15 is 0 Å². The zero-order chi connectivity index (χ0) is 14.8. The Labute approximate surface area is 131 Å². The van der Waals surface area contributed by atoms with Gasteiger partial charge in [0.25, 0.3) is 0 Å². The summed E-state index contributed by atoms with van der Waals surface area (Å²) in [5.41, 5.74) is 3.53. The van der Waals surface area contributed by atoms with Crippen LogP contribution in [0.4, 0.5) is 5.69 Å². The van der Waals surface area contributed by atoms with Crippen molar-refractivity contribution in [1.82, 2.24) is 4.98 Å². The molecule has 3 rings (SSSR count). The highest BCUT2D eigenvalue weighted by Gasteiger charge is 2.24. The van der Waals surface area contributed by atoms with Crippen LogP contribution in [0.5, 0.6) is 0 Å². The molecule has 1 aliphatic rings. The summed E-state index contributed by atoms with van der Waals surface area (Å²) in [6.07, 6.45) is 3.90. The van der Waals surface area contributed by atoms with Gasteiger partial charge in [-0.3, -0.25) is 0 Å². The normalized spacial score (nSPS) is 25.8. The minimum atomic E-state index is 0.614. The highest BCUT2D eigenvalue weighted by atomic mass is 32.1. The Morgan fingerprint density at radius 1 is 1.19 bits per heavy atom. The Morgan fingerprint density at radius 3 is 2.76 bits per heavy atom. The molecular weight excluding hydrogens is 276 g/mol. The van der Waals surface area contributed by atoms with Crippen LogP contribution in [0.1, 0.15) is 38.1 Å². The molecule has 3 unspecified atom stereocenters. The van der Waals surface area contributed by atoms with E-state index in [-0.39, 0.29) is 0 Å². The quantitative estimate of drug-likeness (QED) is 0.826. The van der Waals surface area contributed by atoms with Crippen molar-refractivity contribution >= 4 is 17.0 Å². The highest BCUT2D eigenvalue weighted by molar-refractivity contribution is 7.09. The molecule has 0 aliphatic heterocycles. The van der Waals surface area contributed by atoms with Crippen molar-refractivity contribution in [3.05, 3.63) is 34.7 Å². The van der Waals surface area contributed by atoms with Crippen LogP contribution in [0, 0.1) is 18.8 Å². The van der Waals surface area contributed by atoms with Crippen molar-refractivity contribution in [2.75, 3.05) is 5.32 Å². The number of aryl methyl sites for hydroxylation is 1. The van der Waals surface area contributed by atoms with Crippen molar-refractivity contribution in [2.45, 2.75) is 46.1 Å². The van der Waals surface area contributed by atoms with Gasteiger partial charge in [0.15, 0.2) is 0 Å². The molecule has 1 saturated carbocycles. The molecule has 0 radical (unpaired) electrons. The molecule has 1 heterocycles. The second-order valence-corrected chi connectivity index (χ2v) is 7.50. The van der Waals surface area contributed by atoms with Gasteiger partial charge in [-0.15, -0.1) is 11.3 Å². The van der Waals surface area contributed by atoms with Crippen molar-refractivity contribution in [3.63, 3.8) is 0 Å². The van der Waals surface area contributed by atoms with Gasteiger partial charge in [0.1, 0.15) is 0 Å². The molecule has 1 aromatic carbocycles. The van der Waals surface area contributed by atoms with Gasteiger partial charge in [0.2, 0.25) is 0 Å². The van der Waals surface area contributed by atoms with E-state index in [1.165, 1.54) is 30.5 Å². The fourth-order valence-electron chi connectivity index (χ4n) is 3.18. The molecular formula is C18H24N2S. The van der Waals surface area contributed by atoms with Gasteiger partial charge in [-0.05, 0) is 50.2 Å². The van der Waals surface area contributed by atoms with Gasteiger partial charge in [-0.1, -0.05) is 26.0 Å². The maximum absolute atomic E-state index is 4.58. The molecule has 112 valence electrons. The second-order valence-electron chi connectivity index (χ2n) is 6.44. The predicted molar refractivity (Wildman–Crippen MR) is 91.9 cm³/mol. The number of aromatic nitrogens is 1. The van der Waals surface area contributed by atoms with Crippen LogP contribution in [-0.4, -0.2) is 11.0 Å². The van der Waals surface area contributed by atoms with E-state index in [0.29, 0.717) is 6.04 Å². The molecule has 1 N–H and O–H groups in total. The van der Waals surface area contributed by atoms with Crippen molar-refractivity contribution < 1.29 is 0 Å². The second kappa shape index (κ2) is 6.18. The fraction of sp³-hybridized carbons (Fsp3) is 0.500. The first-order chi connectivity index (χ1) is 10.1. The van der Waals surface area contributed by atoms with E-state index in [4.69, 9.17) is 0 Å². The van der Waals surface area contributed by atoms with Crippen LogP contribution in [-0.2, 0) is 0 Å². The van der Waals surface area contributed by atoms with Crippen LogP contribution in [0.3, 0.4) is 0 Å². The molecule has 21 heavy (non-hydrogen) atoms. The summed E-state index contributed by atoms with van der Waals surface area (Å²) in [5.74, 6) is 1.69. The zero-order valence-electron chi connectivity index (χ0n) is 13.1. The van der Waals surface area contributed by atoms with Crippen molar-refractivity contribution in [1.29, 1.82) is 0 Å². The van der Waals surface area contributed by atoms with Gasteiger partial charge < -0.3 is 5.32 Å². The van der Waals surface area contributed by atoms with Crippen LogP contribution < -0.4 is 5.32 Å². The maximum Gasteiger partial charge on any atom is 0.0901 e. The number of nitrogens with one attached hydrogen (secondary N) is 1. The first-order valence-corrected chi connectivity index (χ1v) is 8.79. The van der Waals surface area contributed by atoms with Gasteiger partial charge in [-0.2, -0.15) is 0 Å². The Hall–Kier alpha value is -1.35. The molecule has 2 nitrogen and oxygen atoms in total. The third kappa shape index (κ3) is 3.46. The Balaban J connectivity index is 1.72. The zero-order valence-corrected chi connectivity index (χ0v) is 13.9. The summed E-state index contributed by atoms with van der Waals surface area (Å²) in [6.45, 7) is 6.82. The molecule has 0 saturated heterocycles. The lowest BCUT2D eigenvalue weighted by Crippen LogP contribution is -2.30. The lowest BCUT2D eigenvalue weighted by molar-refractivity contribution is 0.261. The number of thiazole rings is 1. The van der Waals surface area contributed by atoms with Crippen LogP contribution in [0.15, 0.2) is 29.6 Å². The first-order valence-electron chi connectivity index (χ1n) is 7.91. The number of rotatable bonds is 3.